The number of ether oxygens (including phenoxy) is 1. The first-order chi connectivity index (χ1) is 21.5. The van der Waals surface area contributed by atoms with E-state index in [2.05, 4.69) is 27.4 Å². The average Bonchev–Trinajstić information content (AvgIpc) is 3.56. The molecule has 11 nitrogen and oxygen atoms in total. The molecule has 46 heavy (non-hydrogen) atoms. The number of halogens is 3. The first-order valence-corrected chi connectivity index (χ1v) is 16.6. The molecule has 2 aromatic heterocycles. The number of sulfone groups is 1. The van der Waals surface area contributed by atoms with Crippen molar-refractivity contribution in [2.75, 3.05) is 36.6 Å². The number of likely N-dealkylation sites (tertiary alicyclic amines) is 1. The summed E-state index contributed by atoms with van der Waals surface area (Å²) in [7, 11) is -1.43. The summed E-state index contributed by atoms with van der Waals surface area (Å²) in [5, 5.41) is 8.07. The molecule has 0 atom stereocenters. The van der Waals surface area contributed by atoms with Gasteiger partial charge in [0.25, 0.3) is 5.89 Å². The Kier molecular flexibility index (Phi) is 9.10. The second kappa shape index (κ2) is 12.6. The SMILES string of the molecule is CN1CCC(Nc2cccc3c2cc(-c2nc(CN(C(=O)OC(C)(C)C)c4ccc(S(C)(=O)=O)cc4)no2)n3CC(F)(F)F)CC1. The Morgan fingerprint density at radius 3 is 2.39 bits per heavy atom. The summed E-state index contributed by atoms with van der Waals surface area (Å²) in [5.41, 5.74) is 0.574. The van der Waals surface area contributed by atoms with Crippen molar-refractivity contribution in [3.63, 3.8) is 0 Å². The molecule has 2 aromatic carbocycles. The van der Waals surface area contributed by atoms with Crippen molar-refractivity contribution in [2.24, 2.45) is 0 Å². The lowest BCUT2D eigenvalue weighted by atomic mass is 10.0. The summed E-state index contributed by atoms with van der Waals surface area (Å²) in [6.45, 7) is 5.37. The van der Waals surface area contributed by atoms with Crippen LogP contribution in [0.1, 0.15) is 39.4 Å². The normalized spacial score (nSPS) is 15.3. The predicted molar refractivity (Wildman–Crippen MR) is 167 cm³/mol. The zero-order chi connectivity index (χ0) is 33.4. The van der Waals surface area contributed by atoms with Gasteiger partial charge in [-0.25, -0.2) is 13.2 Å². The van der Waals surface area contributed by atoms with Crippen molar-refractivity contribution in [3.05, 3.63) is 54.4 Å². The maximum absolute atomic E-state index is 13.8. The molecule has 0 radical (unpaired) electrons. The third kappa shape index (κ3) is 7.99. The summed E-state index contributed by atoms with van der Waals surface area (Å²) < 4.78 is 77.6. The molecule has 0 spiro atoms. The van der Waals surface area contributed by atoms with E-state index in [1.807, 2.05) is 6.07 Å². The summed E-state index contributed by atoms with van der Waals surface area (Å²) in [4.78, 5) is 21.1. The largest absolute Gasteiger partial charge is 0.443 e. The maximum atomic E-state index is 13.8. The van der Waals surface area contributed by atoms with Gasteiger partial charge in [-0.1, -0.05) is 11.2 Å². The Bertz CT molecular complexity index is 1800. The van der Waals surface area contributed by atoms with Crippen molar-refractivity contribution in [2.45, 2.75) is 69.4 Å². The van der Waals surface area contributed by atoms with Crippen molar-refractivity contribution < 1.29 is 35.6 Å². The molecular weight excluding hydrogens is 625 g/mol. The fourth-order valence-electron chi connectivity index (χ4n) is 5.33. The first-order valence-electron chi connectivity index (χ1n) is 14.7. The fraction of sp³-hybridized carbons (Fsp3) is 0.452. The van der Waals surface area contributed by atoms with E-state index in [1.165, 1.54) is 29.2 Å². The lowest BCUT2D eigenvalue weighted by Gasteiger charge is -2.30. The number of nitrogens with zero attached hydrogens (tertiary/aromatic N) is 5. The van der Waals surface area contributed by atoms with Gasteiger partial charge in [-0.2, -0.15) is 18.2 Å². The summed E-state index contributed by atoms with van der Waals surface area (Å²) in [6, 6.07) is 12.6. The van der Waals surface area contributed by atoms with Crippen LogP contribution in [0.25, 0.3) is 22.5 Å². The highest BCUT2D eigenvalue weighted by Gasteiger charge is 2.32. The van der Waals surface area contributed by atoms with E-state index in [1.54, 1.807) is 39.0 Å². The van der Waals surface area contributed by atoms with Crippen LogP contribution in [0.4, 0.5) is 29.3 Å². The molecule has 1 aliphatic rings. The lowest BCUT2D eigenvalue weighted by Crippen LogP contribution is -2.36. The van der Waals surface area contributed by atoms with Crippen molar-refractivity contribution in [1.82, 2.24) is 19.6 Å². The van der Waals surface area contributed by atoms with Crippen LogP contribution in [0.5, 0.6) is 0 Å². The van der Waals surface area contributed by atoms with Gasteiger partial charge in [-0.15, -0.1) is 0 Å². The van der Waals surface area contributed by atoms with E-state index in [0.717, 1.165) is 36.8 Å². The van der Waals surface area contributed by atoms with E-state index in [-0.39, 0.29) is 34.9 Å². The smallest absolute Gasteiger partial charge is 0.415 e. The van der Waals surface area contributed by atoms with Crippen LogP contribution in [0.15, 0.2) is 57.9 Å². The standard InChI is InChI=1S/C31H37F3N6O5S/c1-30(2,3)44-29(41)39(21-9-11-22(12-10-21)46(5,42)43)18-27-36-28(45-37-27)26-17-23-24(35-20-13-15-38(4)16-14-20)7-6-8-25(23)40(26)19-31(32,33)34/h6-12,17,20,35H,13-16,18-19H2,1-5H3. The Morgan fingerprint density at radius 2 is 1.78 bits per heavy atom. The molecule has 0 unspecified atom stereocenters. The number of anilines is 2. The van der Waals surface area contributed by atoms with Gasteiger partial charge in [0.15, 0.2) is 15.7 Å². The zero-order valence-corrected chi connectivity index (χ0v) is 27.1. The number of hydrogen-bond donors (Lipinski definition) is 1. The number of rotatable bonds is 8. The number of hydrogen-bond acceptors (Lipinski definition) is 9. The van der Waals surface area contributed by atoms with Crippen molar-refractivity contribution in [1.29, 1.82) is 0 Å². The van der Waals surface area contributed by atoms with Crippen molar-refractivity contribution in [3.8, 4) is 11.6 Å². The van der Waals surface area contributed by atoms with Crippen LogP contribution < -0.4 is 10.2 Å². The molecule has 1 fully saturated rings. The molecular formula is C31H37F3N6O5S. The number of amides is 1. The molecule has 3 heterocycles. The topological polar surface area (TPSA) is 123 Å². The van der Waals surface area contributed by atoms with Crippen LogP contribution in [-0.4, -0.2) is 78.3 Å². The van der Waals surface area contributed by atoms with Gasteiger partial charge < -0.3 is 24.0 Å². The summed E-state index contributed by atoms with van der Waals surface area (Å²) in [5.74, 6) is -0.154. The number of aromatic nitrogens is 3. The molecule has 0 bridgehead atoms. The Labute approximate surface area is 265 Å². The van der Waals surface area contributed by atoms with Gasteiger partial charge in [0, 0.05) is 29.1 Å². The minimum Gasteiger partial charge on any atom is -0.443 e. The number of fused-ring (bicyclic) bond motifs is 1. The van der Waals surface area contributed by atoms with E-state index >= 15 is 0 Å². The molecule has 15 heteroatoms. The molecule has 4 aromatic rings. The van der Waals surface area contributed by atoms with Gasteiger partial charge in [0.2, 0.25) is 0 Å². The highest BCUT2D eigenvalue weighted by Crippen LogP contribution is 2.35. The van der Waals surface area contributed by atoms with E-state index in [9.17, 15) is 26.4 Å². The van der Waals surface area contributed by atoms with Crippen LogP contribution >= 0.6 is 0 Å². The van der Waals surface area contributed by atoms with E-state index in [4.69, 9.17) is 9.26 Å². The number of benzene rings is 2. The predicted octanol–water partition coefficient (Wildman–Crippen LogP) is 6.10. The molecule has 1 N–H and O–H groups in total. The second-order valence-corrected chi connectivity index (χ2v) is 14.6. The highest BCUT2D eigenvalue weighted by molar-refractivity contribution is 7.90. The van der Waals surface area contributed by atoms with Crippen LogP contribution in [0.2, 0.25) is 0 Å². The molecule has 0 aliphatic carbocycles. The molecule has 248 valence electrons. The van der Waals surface area contributed by atoms with Gasteiger partial charge in [0.1, 0.15) is 17.8 Å². The Morgan fingerprint density at radius 1 is 1.11 bits per heavy atom. The maximum Gasteiger partial charge on any atom is 0.415 e. The molecule has 1 aliphatic heterocycles. The first kappa shape index (κ1) is 33.3. The molecule has 1 amide bonds. The minimum absolute atomic E-state index is 0.00142. The third-order valence-electron chi connectivity index (χ3n) is 7.54. The number of piperidine rings is 1. The summed E-state index contributed by atoms with van der Waals surface area (Å²) >= 11 is 0. The number of carbonyl (C=O) groups is 1. The molecule has 5 rings (SSSR count). The minimum atomic E-state index is -4.54. The van der Waals surface area contributed by atoms with Crippen molar-refractivity contribution >= 4 is 38.2 Å². The summed E-state index contributed by atoms with van der Waals surface area (Å²) in [6.07, 6.45) is -2.42. The van der Waals surface area contributed by atoms with Gasteiger partial charge >= 0.3 is 12.3 Å². The quantitative estimate of drug-likeness (QED) is 0.238. The lowest BCUT2D eigenvalue weighted by molar-refractivity contribution is -0.139. The van der Waals surface area contributed by atoms with Gasteiger partial charge in [-0.3, -0.25) is 4.90 Å². The van der Waals surface area contributed by atoms with Gasteiger partial charge in [0.05, 0.1) is 17.0 Å². The Balaban J connectivity index is 1.50. The number of nitrogens with one attached hydrogen (secondary N) is 1. The highest BCUT2D eigenvalue weighted by atomic mass is 32.2. The monoisotopic (exact) mass is 662 g/mol. The van der Waals surface area contributed by atoms with E-state index in [0.29, 0.717) is 22.3 Å². The second-order valence-electron chi connectivity index (χ2n) is 12.5. The van der Waals surface area contributed by atoms with Crippen LogP contribution in [0, 0.1) is 0 Å². The van der Waals surface area contributed by atoms with Crippen LogP contribution in [0.3, 0.4) is 0 Å². The van der Waals surface area contributed by atoms with Gasteiger partial charge in [-0.05, 0) is 96.2 Å². The van der Waals surface area contributed by atoms with Crippen LogP contribution in [-0.2, 0) is 27.7 Å². The fourth-order valence-corrected chi connectivity index (χ4v) is 5.96. The Hall–Kier alpha value is -4.11. The third-order valence-corrected chi connectivity index (χ3v) is 8.67. The average molecular weight is 663 g/mol. The molecule has 0 saturated carbocycles. The van der Waals surface area contributed by atoms with E-state index < -0.39 is 34.3 Å². The number of carbonyl (C=O) groups excluding carboxylic acids is 1. The zero-order valence-electron chi connectivity index (χ0n) is 26.3. The number of alkyl halides is 3. The molecule has 1 saturated heterocycles.